The molecular formula is C16H12Cl2O3. The first-order chi connectivity index (χ1) is 10.0. The molecule has 2 rings (SSSR count). The molecule has 0 amide bonds. The number of methoxy groups -OCH3 is 1. The van der Waals surface area contributed by atoms with Gasteiger partial charge in [-0.2, -0.15) is 0 Å². The lowest BCUT2D eigenvalue weighted by atomic mass is 10.0. The van der Waals surface area contributed by atoms with Crippen molar-refractivity contribution in [3.8, 4) is 5.75 Å². The maximum absolute atomic E-state index is 11.5. The molecule has 2 aromatic carbocycles. The smallest absolute Gasteiger partial charge is 0.336 e. The third-order valence-corrected chi connectivity index (χ3v) is 3.73. The van der Waals surface area contributed by atoms with Crippen molar-refractivity contribution in [1.82, 2.24) is 0 Å². The predicted molar refractivity (Wildman–Crippen MR) is 85.0 cm³/mol. The van der Waals surface area contributed by atoms with Gasteiger partial charge >= 0.3 is 5.97 Å². The molecule has 0 heterocycles. The van der Waals surface area contributed by atoms with Crippen molar-refractivity contribution in [3.63, 3.8) is 0 Å². The molecule has 0 aliphatic rings. The van der Waals surface area contributed by atoms with Gasteiger partial charge in [-0.3, -0.25) is 0 Å². The normalized spacial score (nSPS) is 11.3. The number of halogens is 2. The Bertz CT molecular complexity index is 708. The summed E-state index contributed by atoms with van der Waals surface area (Å²) in [5, 5.41) is 10.1. The molecule has 0 bridgehead atoms. The Kier molecular flexibility index (Phi) is 4.89. The maximum Gasteiger partial charge on any atom is 0.336 e. The van der Waals surface area contributed by atoms with Crippen LogP contribution in [-0.4, -0.2) is 18.2 Å². The van der Waals surface area contributed by atoms with Crippen molar-refractivity contribution in [1.29, 1.82) is 0 Å². The summed E-state index contributed by atoms with van der Waals surface area (Å²) in [6, 6.07) is 11.9. The number of carbonyl (C=O) groups is 1. The molecule has 3 nitrogen and oxygen atoms in total. The zero-order valence-corrected chi connectivity index (χ0v) is 12.7. The summed E-state index contributed by atoms with van der Waals surface area (Å²) in [7, 11) is 1.52. The third-order valence-electron chi connectivity index (χ3n) is 2.89. The number of hydrogen-bond donors (Lipinski definition) is 1. The molecule has 0 radical (unpaired) electrons. The summed E-state index contributed by atoms with van der Waals surface area (Å²) in [5.74, 6) is -0.476. The van der Waals surface area contributed by atoms with Crippen LogP contribution < -0.4 is 4.74 Å². The van der Waals surface area contributed by atoms with Gasteiger partial charge in [0, 0.05) is 0 Å². The third kappa shape index (κ3) is 3.57. The average Bonchev–Trinajstić information content (AvgIpc) is 2.48. The van der Waals surface area contributed by atoms with E-state index >= 15 is 0 Å². The van der Waals surface area contributed by atoms with E-state index in [0.717, 1.165) is 0 Å². The molecule has 0 aliphatic heterocycles. The summed E-state index contributed by atoms with van der Waals surface area (Å²) < 4.78 is 5.11. The highest BCUT2D eigenvalue weighted by molar-refractivity contribution is 6.43. The number of aliphatic carboxylic acids is 1. The van der Waals surface area contributed by atoms with Gasteiger partial charge in [-0.15, -0.1) is 0 Å². The van der Waals surface area contributed by atoms with Crippen molar-refractivity contribution in [2.75, 3.05) is 7.11 Å². The molecule has 0 saturated carbocycles. The number of carboxylic acids is 1. The predicted octanol–water partition coefficient (Wildman–Crippen LogP) is 4.63. The number of benzene rings is 2. The average molecular weight is 323 g/mol. The second kappa shape index (κ2) is 6.66. The first kappa shape index (κ1) is 15.4. The second-order valence-corrected chi connectivity index (χ2v) is 5.02. The Morgan fingerprint density at radius 3 is 2.57 bits per heavy atom. The number of ether oxygens (including phenoxy) is 1. The monoisotopic (exact) mass is 322 g/mol. The Morgan fingerprint density at radius 1 is 1.19 bits per heavy atom. The molecule has 0 unspecified atom stereocenters. The summed E-state index contributed by atoms with van der Waals surface area (Å²) in [5.41, 5.74) is 1.18. The highest BCUT2D eigenvalue weighted by Crippen LogP contribution is 2.30. The maximum atomic E-state index is 11.5. The zero-order valence-electron chi connectivity index (χ0n) is 11.1. The molecule has 108 valence electrons. The largest absolute Gasteiger partial charge is 0.497 e. The summed E-state index contributed by atoms with van der Waals surface area (Å²) in [4.78, 5) is 11.5. The highest BCUT2D eigenvalue weighted by Gasteiger charge is 2.13. The van der Waals surface area contributed by atoms with E-state index in [4.69, 9.17) is 27.9 Å². The van der Waals surface area contributed by atoms with Crippen molar-refractivity contribution in [2.45, 2.75) is 0 Å². The van der Waals surface area contributed by atoms with Crippen molar-refractivity contribution >= 4 is 40.8 Å². The number of rotatable bonds is 4. The standard InChI is InChI=1S/C16H12Cl2O3/c1-21-12-6-2-4-10(8-12)13(16(19)20)9-11-5-3-7-14(17)15(11)18/h2-9H,1H3,(H,19,20)/b13-9-. The van der Waals surface area contributed by atoms with Crippen LogP contribution in [0.25, 0.3) is 11.6 Å². The zero-order chi connectivity index (χ0) is 15.4. The van der Waals surface area contributed by atoms with E-state index in [1.54, 1.807) is 42.5 Å². The summed E-state index contributed by atoms with van der Waals surface area (Å²) >= 11 is 12.0. The lowest BCUT2D eigenvalue weighted by molar-refractivity contribution is -0.130. The van der Waals surface area contributed by atoms with E-state index < -0.39 is 5.97 Å². The molecular weight excluding hydrogens is 311 g/mol. The van der Waals surface area contributed by atoms with E-state index in [2.05, 4.69) is 0 Å². The van der Waals surface area contributed by atoms with E-state index in [-0.39, 0.29) is 5.57 Å². The van der Waals surface area contributed by atoms with Gasteiger partial charge in [0.15, 0.2) is 0 Å². The molecule has 0 spiro atoms. The van der Waals surface area contributed by atoms with E-state index in [0.29, 0.717) is 26.9 Å². The van der Waals surface area contributed by atoms with Crippen LogP contribution in [-0.2, 0) is 4.79 Å². The van der Waals surface area contributed by atoms with Gasteiger partial charge in [-0.05, 0) is 35.4 Å². The van der Waals surface area contributed by atoms with Crippen molar-refractivity contribution in [2.24, 2.45) is 0 Å². The fourth-order valence-electron chi connectivity index (χ4n) is 1.85. The van der Waals surface area contributed by atoms with Crippen LogP contribution in [0.15, 0.2) is 42.5 Å². The van der Waals surface area contributed by atoms with Crippen LogP contribution >= 0.6 is 23.2 Å². The van der Waals surface area contributed by atoms with Gasteiger partial charge in [0.1, 0.15) is 5.75 Å². The molecule has 0 saturated heterocycles. The molecule has 1 N–H and O–H groups in total. The fraction of sp³-hybridized carbons (Fsp3) is 0.0625. The summed E-state index contributed by atoms with van der Waals surface area (Å²) in [6.07, 6.45) is 1.49. The van der Waals surface area contributed by atoms with Crippen LogP contribution in [0.4, 0.5) is 0 Å². The molecule has 0 aliphatic carbocycles. The van der Waals surface area contributed by atoms with Crippen molar-refractivity contribution in [3.05, 3.63) is 63.6 Å². The minimum atomic E-state index is -1.06. The quantitative estimate of drug-likeness (QED) is 0.659. The lowest BCUT2D eigenvalue weighted by Gasteiger charge is -2.07. The van der Waals surface area contributed by atoms with Crippen LogP contribution in [0.2, 0.25) is 10.0 Å². The highest BCUT2D eigenvalue weighted by atomic mass is 35.5. The number of hydrogen-bond acceptors (Lipinski definition) is 2. The molecule has 5 heteroatoms. The minimum absolute atomic E-state index is 0.109. The fourth-order valence-corrected chi connectivity index (χ4v) is 2.21. The Balaban J connectivity index is 2.55. The Morgan fingerprint density at radius 2 is 1.90 bits per heavy atom. The van der Waals surface area contributed by atoms with Gasteiger partial charge in [0.25, 0.3) is 0 Å². The van der Waals surface area contributed by atoms with Gasteiger partial charge in [-0.25, -0.2) is 4.79 Å². The van der Waals surface area contributed by atoms with Gasteiger partial charge in [-0.1, -0.05) is 47.5 Å². The molecule has 0 aromatic heterocycles. The number of carboxylic acid groups (broad SMARTS) is 1. The van der Waals surface area contributed by atoms with Gasteiger partial charge in [0.05, 0.1) is 22.7 Å². The Hall–Kier alpha value is -1.97. The van der Waals surface area contributed by atoms with Crippen LogP contribution in [0.3, 0.4) is 0 Å². The van der Waals surface area contributed by atoms with Crippen LogP contribution in [0.1, 0.15) is 11.1 Å². The van der Waals surface area contributed by atoms with E-state index in [9.17, 15) is 9.90 Å². The SMILES string of the molecule is COc1cccc(/C(=C/c2cccc(Cl)c2Cl)C(=O)O)c1. The topological polar surface area (TPSA) is 46.5 Å². The summed E-state index contributed by atoms with van der Waals surface area (Å²) in [6.45, 7) is 0. The molecule has 21 heavy (non-hydrogen) atoms. The van der Waals surface area contributed by atoms with E-state index in [1.165, 1.54) is 13.2 Å². The lowest BCUT2D eigenvalue weighted by Crippen LogP contribution is -2.00. The van der Waals surface area contributed by atoms with Crippen LogP contribution in [0, 0.1) is 0 Å². The second-order valence-electron chi connectivity index (χ2n) is 4.24. The first-order valence-electron chi connectivity index (χ1n) is 6.06. The minimum Gasteiger partial charge on any atom is -0.497 e. The molecule has 2 aromatic rings. The van der Waals surface area contributed by atoms with Crippen molar-refractivity contribution < 1.29 is 14.6 Å². The van der Waals surface area contributed by atoms with Crippen LogP contribution in [0.5, 0.6) is 5.75 Å². The molecule has 0 fully saturated rings. The van der Waals surface area contributed by atoms with E-state index in [1.807, 2.05) is 0 Å². The first-order valence-corrected chi connectivity index (χ1v) is 6.82. The molecule has 0 atom stereocenters. The van der Waals surface area contributed by atoms with Gasteiger partial charge < -0.3 is 9.84 Å². The Labute approximate surface area is 132 Å². The van der Waals surface area contributed by atoms with Gasteiger partial charge in [0.2, 0.25) is 0 Å².